The zero-order valence-electron chi connectivity index (χ0n) is 8.52. The van der Waals surface area contributed by atoms with Gasteiger partial charge in [0.05, 0.1) is 5.92 Å². The summed E-state index contributed by atoms with van der Waals surface area (Å²) in [5.41, 5.74) is 1.15. The molecule has 0 fully saturated rings. The van der Waals surface area contributed by atoms with Crippen LogP contribution >= 0.6 is 0 Å². The van der Waals surface area contributed by atoms with Crippen LogP contribution in [0.2, 0.25) is 0 Å². The van der Waals surface area contributed by atoms with Crippen LogP contribution in [0.25, 0.3) is 0 Å². The highest BCUT2D eigenvalue weighted by molar-refractivity contribution is 5.70. The van der Waals surface area contributed by atoms with Crippen molar-refractivity contribution in [2.24, 2.45) is 5.92 Å². The number of hydrogen-bond donors (Lipinski definition) is 1. The molecular formula is C13H14O2. The van der Waals surface area contributed by atoms with Crippen molar-refractivity contribution in [3.05, 3.63) is 35.9 Å². The van der Waals surface area contributed by atoms with Gasteiger partial charge < -0.3 is 5.11 Å². The first-order valence-electron chi connectivity index (χ1n) is 4.94. The molecule has 0 saturated heterocycles. The van der Waals surface area contributed by atoms with E-state index >= 15 is 0 Å². The maximum atomic E-state index is 10.8. The van der Waals surface area contributed by atoms with Gasteiger partial charge in [0.2, 0.25) is 0 Å². The van der Waals surface area contributed by atoms with Crippen LogP contribution in [0.15, 0.2) is 30.3 Å². The van der Waals surface area contributed by atoms with E-state index in [1.165, 1.54) is 0 Å². The van der Waals surface area contributed by atoms with Crippen molar-refractivity contribution >= 4 is 5.97 Å². The van der Waals surface area contributed by atoms with Gasteiger partial charge in [0, 0.05) is 6.42 Å². The van der Waals surface area contributed by atoms with Crippen molar-refractivity contribution in [3.63, 3.8) is 0 Å². The number of carbonyl (C=O) groups is 1. The molecule has 1 rings (SSSR count). The molecule has 15 heavy (non-hydrogen) atoms. The first-order valence-corrected chi connectivity index (χ1v) is 4.94. The number of carboxylic acids is 1. The SMILES string of the molecule is C#CCC(CCc1ccccc1)C(=O)O. The van der Waals surface area contributed by atoms with E-state index in [1.807, 2.05) is 30.3 Å². The van der Waals surface area contributed by atoms with E-state index in [1.54, 1.807) is 0 Å². The summed E-state index contributed by atoms with van der Waals surface area (Å²) >= 11 is 0. The number of benzene rings is 1. The van der Waals surface area contributed by atoms with E-state index in [0.717, 1.165) is 12.0 Å². The molecule has 0 aliphatic heterocycles. The summed E-state index contributed by atoms with van der Waals surface area (Å²) in [7, 11) is 0. The predicted molar refractivity (Wildman–Crippen MR) is 59.3 cm³/mol. The zero-order chi connectivity index (χ0) is 11.1. The largest absolute Gasteiger partial charge is 0.481 e. The molecular weight excluding hydrogens is 188 g/mol. The molecule has 1 N–H and O–H groups in total. The fourth-order valence-electron chi connectivity index (χ4n) is 1.44. The Kier molecular flexibility index (Phi) is 4.43. The van der Waals surface area contributed by atoms with Crippen LogP contribution in [-0.4, -0.2) is 11.1 Å². The van der Waals surface area contributed by atoms with Crippen LogP contribution in [0.1, 0.15) is 18.4 Å². The second-order valence-corrected chi connectivity index (χ2v) is 3.47. The molecule has 1 aromatic rings. The van der Waals surface area contributed by atoms with Crippen LogP contribution in [-0.2, 0) is 11.2 Å². The Morgan fingerprint density at radius 2 is 2.07 bits per heavy atom. The minimum absolute atomic E-state index is 0.308. The Morgan fingerprint density at radius 1 is 1.40 bits per heavy atom. The lowest BCUT2D eigenvalue weighted by Crippen LogP contribution is -2.13. The Labute approximate surface area is 89.9 Å². The molecule has 1 unspecified atom stereocenters. The molecule has 0 amide bonds. The average molecular weight is 202 g/mol. The summed E-state index contributed by atoms with van der Waals surface area (Å²) in [4.78, 5) is 10.8. The standard InChI is InChI=1S/C13H14O2/c1-2-6-12(13(14)15)10-9-11-7-4-3-5-8-11/h1,3-5,7-8,12H,6,9-10H2,(H,14,15). The maximum Gasteiger partial charge on any atom is 0.307 e. The number of rotatable bonds is 5. The third-order valence-electron chi connectivity index (χ3n) is 2.34. The third-order valence-corrected chi connectivity index (χ3v) is 2.34. The maximum absolute atomic E-state index is 10.8. The normalized spacial score (nSPS) is 11.7. The summed E-state index contributed by atoms with van der Waals surface area (Å²) < 4.78 is 0. The van der Waals surface area contributed by atoms with Gasteiger partial charge >= 0.3 is 5.97 Å². The minimum atomic E-state index is -0.802. The van der Waals surface area contributed by atoms with Crippen LogP contribution in [0.4, 0.5) is 0 Å². The van der Waals surface area contributed by atoms with Crippen molar-refractivity contribution in [3.8, 4) is 12.3 Å². The molecule has 0 aliphatic carbocycles. The molecule has 78 valence electrons. The van der Waals surface area contributed by atoms with Crippen LogP contribution in [0.5, 0.6) is 0 Å². The minimum Gasteiger partial charge on any atom is -0.481 e. The van der Waals surface area contributed by atoms with Gasteiger partial charge in [0.15, 0.2) is 0 Å². The number of hydrogen-bond acceptors (Lipinski definition) is 1. The smallest absolute Gasteiger partial charge is 0.307 e. The van der Waals surface area contributed by atoms with Crippen LogP contribution < -0.4 is 0 Å². The number of terminal acetylenes is 1. The quantitative estimate of drug-likeness (QED) is 0.744. The van der Waals surface area contributed by atoms with E-state index in [-0.39, 0.29) is 0 Å². The van der Waals surface area contributed by atoms with Crippen molar-refractivity contribution in [1.29, 1.82) is 0 Å². The molecule has 0 spiro atoms. The van der Waals surface area contributed by atoms with Gasteiger partial charge in [-0.25, -0.2) is 0 Å². The van der Waals surface area contributed by atoms with Gasteiger partial charge in [0.25, 0.3) is 0 Å². The highest BCUT2D eigenvalue weighted by atomic mass is 16.4. The van der Waals surface area contributed by atoms with Crippen molar-refractivity contribution < 1.29 is 9.90 Å². The summed E-state index contributed by atoms with van der Waals surface area (Å²) in [6.45, 7) is 0. The topological polar surface area (TPSA) is 37.3 Å². The molecule has 1 aromatic carbocycles. The molecule has 0 saturated carbocycles. The van der Waals surface area contributed by atoms with Gasteiger partial charge in [-0.3, -0.25) is 4.79 Å². The third kappa shape index (κ3) is 3.86. The van der Waals surface area contributed by atoms with E-state index < -0.39 is 11.9 Å². The molecule has 0 radical (unpaired) electrons. The van der Waals surface area contributed by atoms with Crippen LogP contribution in [0.3, 0.4) is 0 Å². The van der Waals surface area contributed by atoms with Crippen molar-refractivity contribution in [2.75, 3.05) is 0 Å². The van der Waals surface area contributed by atoms with Gasteiger partial charge in [-0.15, -0.1) is 12.3 Å². The summed E-state index contributed by atoms with van der Waals surface area (Å²) in [5, 5.41) is 8.89. The predicted octanol–water partition coefficient (Wildman–Crippen LogP) is 2.34. The molecule has 0 aliphatic rings. The Balaban J connectivity index is 2.48. The highest BCUT2D eigenvalue weighted by Gasteiger charge is 2.15. The molecule has 1 atom stereocenters. The number of carboxylic acid groups (broad SMARTS) is 1. The van der Waals surface area contributed by atoms with Gasteiger partial charge in [-0.2, -0.15) is 0 Å². The number of aliphatic carboxylic acids is 1. The molecule has 2 nitrogen and oxygen atoms in total. The Hall–Kier alpha value is -1.75. The van der Waals surface area contributed by atoms with E-state index in [9.17, 15) is 4.79 Å². The summed E-state index contributed by atoms with van der Waals surface area (Å²) in [5.74, 6) is 1.18. The fourth-order valence-corrected chi connectivity index (χ4v) is 1.44. The monoisotopic (exact) mass is 202 g/mol. The van der Waals surface area contributed by atoms with E-state index in [0.29, 0.717) is 12.8 Å². The number of aryl methyl sites for hydroxylation is 1. The highest BCUT2D eigenvalue weighted by Crippen LogP contribution is 2.13. The second kappa shape index (κ2) is 5.87. The average Bonchev–Trinajstić information content (AvgIpc) is 2.25. The van der Waals surface area contributed by atoms with Crippen molar-refractivity contribution in [2.45, 2.75) is 19.3 Å². The first-order chi connectivity index (χ1) is 7.24. The van der Waals surface area contributed by atoms with E-state index in [2.05, 4.69) is 5.92 Å². The first kappa shape index (κ1) is 11.3. The van der Waals surface area contributed by atoms with E-state index in [4.69, 9.17) is 11.5 Å². The van der Waals surface area contributed by atoms with Crippen LogP contribution in [0, 0.1) is 18.3 Å². The second-order valence-electron chi connectivity index (χ2n) is 3.47. The fraction of sp³-hybridized carbons (Fsp3) is 0.308. The lowest BCUT2D eigenvalue weighted by Gasteiger charge is -2.08. The van der Waals surface area contributed by atoms with Gasteiger partial charge in [-0.1, -0.05) is 30.3 Å². The zero-order valence-corrected chi connectivity index (χ0v) is 8.52. The Bertz CT molecular complexity index is 349. The Morgan fingerprint density at radius 3 is 2.60 bits per heavy atom. The molecule has 0 aromatic heterocycles. The van der Waals surface area contributed by atoms with Gasteiger partial charge in [-0.05, 0) is 18.4 Å². The lowest BCUT2D eigenvalue weighted by molar-refractivity contribution is -0.141. The van der Waals surface area contributed by atoms with Crippen molar-refractivity contribution in [1.82, 2.24) is 0 Å². The lowest BCUT2D eigenvalue weighted by atomic mass is 9.97. The molecule has 0 heterocycles. The summed E-state index contributed by atoms with van der Waals surface area (Å²) in [6.07, 6.45) is 6.79. The summed E-state index contributed by atoms with van der Waals surface area (Å²) in [6, 6.07) is 9.84. The van der Waals surface area contributed by atoms with Gasteiger partial charge in [0.1, 0.15) is 0 Å². The molecule has 0 bridgehead atoms. The molecule has 2 heteroatoms.